The van der Waals surface area contributed by atoms with Gasteiger partial charge in [-0.3, -0.25) is 4.68 Å². The molecule has 0 atom stereocenters. The fraction of sp³-hybridized carbons (Fsp3) is 0.375. The molecule has 1 aromatic carbocycles. The molecule has 0 aliphatic heterocycles. The van der Waals surface area contributed by atoms with Crippen LogP contribution in [0.4, 0.5) is 4.39 Å². The van der Waals surface area contributed by atoms with E-state index in [-0.39, 0.29) is 11.6 Å². The van der Waals surface area contributed by atoms with Gasteiger partial charge < -0.3 is 4.57 Å². The van der Waals surface area contributed by atoms with Crippen molar-refractivity contribution in [3.8, 4) is 11.4 Å². The van der Waals surface area contributed by atoms with Crippen LogP contribution in [0, 0.1) is 5.82 Å². The monoisotopic (exact) mass is 348 g/mol. The Morgan fingerprint density at radius 2 is 2.12 bits per heavy atom. The van der Waals surface area contributed by atoms with Crippen LogP contribution in [0.1, 0.15) is 18.9 Å². The van der Waals surface area contributed by atoms with Gasteiger partial charge in [-0.15, -0.1) is 0 Å². The van der Waals surface area contributed by atoms with Crippen molar-refractivity contribution in [1.82, 2.24) is 19.3 Å². The Morgan fingerprint density at radius 3 is 2.83 bits per heavy atom. The highest BCUT2D eigenvalue weighted by molar-refractivity contribution is 7.90. The predicted octanol–water partition coefficient (Wildman–Crippen LogP) is 2.42. The number of fused-ring (bicyclic) bond motifs is 1. The molecule has 1 aliphatic rings. The maximum atomic E-state index is 13.5. The van der Waals surface area contributed by atoms with Gasteiger partial charge in [0, 0.05) is 24.6 Å². The third-order valence-corrected chi connectivity index (χ3v) is 5.07. The molecule has 0 amide bonds. The predicted molar refractivity (Wildman–Crippen MR) is 88.9 cm³/mol. The fourth-order valence-electron chi connectivity index (χ4n) is 2.84. The van der Waals surface area contributed by atoms with Crippen LogP contribution >= 0.6 is 0 Å². The lowest BCUT2D eigenvalue weighted by Crippen LogP contribution is -2.11. The second kappa shape index (κ2) is 5.41. The summed E-state index contributed by atoms with van der Waals surface area (Å²) < 4.78 is 39.8. The van der Waals surface area contributed by atoms with Gasteiger partial charge in [0.1, 0.15) is 21.5 Å². The first kappa shape index (κ1) is 15.3. The van der Waals surface area contributed by atoms with E-state index >= 15 is 0 Å². The van der Waals surface area contributed by atoms with Crippen molar-refractivity contribution in [1.29, 1.82) is 0 Å². The molecule has 0 saturated heterocycles. The van der Waals surface area contributed by atoms with Crippen LogP contribution in [0.2, 0.25) is 0 Å². The number of hydrogen-bond acceptors (Lipinski definition) is 4. The molecule has 0 unspecified atom stereocenters. The summed E-state index contributed by atoms with van der Waals surface area (Å²) in [5.41, 5.74) is 2.35. The molecule has 1 aliphatic carbocycles. The zero-order chi connectivity index (χ0) is 16.9. The second-order valence-corrected chi connectivity index (χ2v) is 8.55. The SMILES string of the molecule is CS(=O)(=O)CCn1cc(-c2nc3cc(F)ccc3n2C2CC2)cn1. The third-order valence-electron chi connectivity index (χ3n) is 4.15. The largest absolute Gasteiger partial charge is 0.321 e. The Morgan fingerprint density at radius 1 is 1.33 bits per heavy atom. The number of sulfone groups is 1. The number of nitrogens with zero attached hydrogens (tertiary/aromatic N) is 4. The zero-order valence-electron chi connectivity index (χ0n) is 13.2. The van der Waals surface area contributed by atoms with Gasteiger partial charge in [0.15, 0.2) is 0 Å². The molecule has 0 radical (unpaired) electrons. The van der Waals surface area contributed by atoms with Crippen LogP contribution in [0.15, 0.2) is 30.6 Å². The summed E-state index contributed by atoms with van der Waals surface area (Å²) in [7, 11) is -3.04. The molecule has 3 aromatic rings. The molecular weight excluding hydrogens is 331 g/mol. The lowest BCUT2D eigenvalue weighted by Gasteiger charge is -2.05. The Bertz CT molecular complexity index is 1020. The minimum Gasteiger partial charge on any atom is -0.321 e. The zero-order valence-corrected chi connectivity index (χ0v) is 14.0. The molecule has 0 spiro atoms. The number of imidazole rings is 1. The molecule has 6 nitrogen and oxygen atoms in total. The maximum Gasteiger partial charge on any atom is 0.149 e. The third kappa shape index (κ3) is 2.93. The lowest BCUT2D eigenvalue weighted by atomic mass is 10.3. The Balaban J connectivity index is 1.74. The van der Waals surface area contributed by atoms with E-state index in [0.29, 0.717) is 18.1 Å². The average molecular weight is 348 g/mol. The standard InChI is InChI=1S/C16H17FN4O2S/c1-24(22,23)7-6-20-10-11(9-18-20)16-19-14-8-12(17)2-5-15(14)21(16)13-3-4-13/h2,5,8-10,13H,3-4,6-7H2,1H3. The number of aromatic nitrogens is 4. The van der Waals surface area contributed by atoms with Gasteiger partial charge >= 0.3 is 0 Å². The van der Waals surface area contributed by atoms with Gasteiger partial charge in [-0.05, 0) is 25.0 Å². The highest BCUT2D eigenvalue weighted by Crippen LogP contribution is 2.41. The Kier molecular flexibility index (Phi) is 3.45. The first-order valence-corrected chi connectivity index (χ1v) is 9.85. The van der Waals surface area contributed by atoms with Gasteiger partial charge in [0.25, 0.3) is 0 Å². The fourth-order valence-corrected chi connectivity index (χ4v) is 3.36. The number of aryl methyl sites for hydroxylation is 1. The summed E-state index contributed by atoms with van der Waals surface area (Å²) in [5.74, 6) is 0.486. The number of benzene rings is 1. The molecule has 0 N–H and O–H groups in total. The van der Waals surface area contributed by atoms with Crippen molar-refractivity contribution in [2.24, 2.45) is 0 Å². The van der Waals surface area contributed by atoms with Crippen molar-refractivity contribution in [3.63, 3.8) is 0 Å². The van der Waals surface area contributed by atoms with Crippen LogP contribution in [0.5, 0.6) is 0 Å². The first-order chi connectivity index (χ1) is 11.4. The molecule has 1 fully saturated rings. The summed E-state index contributed by atoms with van der Waals surface area (Å²) in [5, 5.41) is 4.23. The van der Waals surface area contributed by atoms with E-state index in [1.807, 2.05) is 0 Å². The van der Waals surface area contributed by atoms with Crippen LogP contribution in [-0.2, 0) is 16.4 Å². The minimum atomic E-state index is -3.04. The topological polar surface area (TPSA) is 69.8 Å². The number of rotatable bonds is 5. The maximum absolute atomic E-state index is 13.5. The molecular formula is C16H17FN4O2S. The lowest BCUT2D eigenvalue weighted by molar-refractivity contribution is 0.586. The van der Waals surface area contributed by atoms with Crippen molar-refractivity contribution < 1.29 is 12.8 Å². The molecule has 24 heavy (non-hydrogen) atoms. The van der Waals surface area contributed by atoms with Gasteiger partial charge in [0.2, 0.25) is 0 Å². The summed E-state index contributed by atoms with van der Waals surface area (Å²) >= 11 is 0. The van der Waals surface area contributed by atoms with E-state index in [1.165, 1.54) is 18.4 Å². The van der Waals surface area contributed by atoms with Crippen molar-refractivity contribution >= 4 is 20.9 Å². The van der Waals surface area contributed by atoms with Gasteiger partial charge in [-0.1, -0.05) is 0 Å². The second-order valence-electron chi connectivity index (χ2n) is 6.29. The number of hydrogen-bond donors (Lipinski definition) is 0. The smallest absolute Gasteiger partial charge is 0.149 e. The van der Waals surface area contributed by atoms with Gasteiger partial charge in [0.05, 0.1) is 35.1 Å². The summed E-state index contributed by atoms with van der Waals surface area (Å²) in [6, 6.07) is 5.02. The van der Waals surface area contributed by atoms with Crippen LogP contribution < -0.4 is 0 Å². The van der Waals surface area contributed by atoms with E-state index in [0.717, 1.165) is 29.7 Å². The average Bonchev–Trinajstić information content (AvgIpc) is 3.10. The van der Waals surface area contributed by atoms with E-state index in [9.17, 15) is 12.8 Å². The summed E-state index contributed by atoms with van der Waals surface area (Å²) in [4.78, 5) is 4.58. The van der Waals surface area contributed by atoms with Crippen molar-refractivity contribution in [2.45, 2.75) is 25.4 Å². The van der Waals surface area contributed by atoms with E-state index in [4.69, 9.17) is 0 Å². The van der Waals surface area contributed by atoms with Gasteiger partial charge in [-0.25, -0.2) is 17.8 Å². The molecule has 4 rings (SSSR count). The summed E-state index contributed by atoms with van der Waals surface area (Å²) in [6.45, 7) is 0.303. The van der Waals surface area contributed by atoms with Crippen molar-refractivity contribution in [2.75, 3.05) is 12.0 Å². The molecule has 0 bridgehead atoms. The van der Waals surface area contributed by atoms with E-state index in [2.05, 4.69) is 14.6 Å². The van der Waals surface area contributed by atoms with Crippen molar-refractivity contribution in [3.05, 3.63) is 36.4 Å². The highest BCUT2D eigenvalue weighted by atomic mass is 32.2. The quantitative estimate of drug-likeness (QED) is 0.710. The van der Waals surface area contributed by atoms with Crippen LogP contribution in [0.3, 0.4) is 0 Å². The highest BCUT2D eigenvalue weighted by Gasteiger charge is 2.29. The van der Waals surface area contributed by atoms with E-state index in [1.54, 1.807) is 23.1 Å². The first-order valence-electron chi connectivity index (χ1n) is 7.79. The van der Waals surface area contributed by atoms with Crippen LogP contribution in [0.25, 0.3) is 22.4 Å². The normalized spacial score (nSPS) is 15.2. The molecule has 1 saturated carbocycles. The van der Waals surface area contributed by atoms with Gasteiger partial charge in [-0.2, -0.15) is 5.10 Å². The molecule has 2 heterocycles. The minimum absolute atomic E-state index is 0.0401. The Hall–Kier alpha value is -2.22. The Labute approximate surface area is 138 Å². The molecule has 8 heteroatoms. The summed E-state index contributed by atoms with van der Waals surface area (Å²) in [6.07, 6.45) is 6.84. The molecule has 2 aromatic heterocycles. The van der Waals surface area contributed by atoms with Crippen LogP contribution in [-0.4, -0.2) is 39.8 Å². The number of halogens is 1. The molecule has 126 valence electrons. The van der Waals surface area contributed by atoms with E-state index < -0.39 is 9.84 Å².